The smallest absolute Gasteiger partial charge is 0.313 e. The number of rotatable bonds is 3. The number of carbonyl (C=O) groups is 1. The highest BCUT2D eigenvalue weighted by atomic mass is 16.6. The van der Waals surface area contributed by atoms with Gasteiger partial charge in [-0.25, -0.2) is 0 Å². The Morgan fingerprint density at radius 2 is 1.76 bits per heavy atom. The quantitative estimate of drug-likeness (QED) is 0.729. The zero-order valence-electron chi connectivity index (χ0n) is 10.2. The lowest BCUT2D eigenvalue weighted by Gasteiger charge is -2.35. The van der Waals surface area contributed by atoms with Gasteiger partial charge in [0.15, 0.2) is 0 Å². The molecule has 17 heavy (non-hydrogen) atoms. The van der Waals surface area contributed by atoms with Crippen LogP contribution in [-0.2, 0) is 19.0 Å². The minimum absolute atomic E-state index is 0.00233. The molecular weight excluding hydrogens is 222 g/mol. The van der Waals surface area contributed by atoms with Crippen molar-refractivity contribution in [3.63, 3.8) is 0 Å². The van der Waals surface area contributed by atoms with Gasteiger partial charge < -0.3 is 19.9 Å². The molecule has 2 saturated heterocycles. The summed E-state index contributed by atoms with van der Waals surface area (Å²) in [6, 6.07) is 0. The third kappa shape index (κ3) is 2.97. The third-order valence-corrected chi connectivity index (χ3v) is 3.72. The Bertz CT molecular complexity index is 257. The highest BCUT2D eigenvalue weighted by Crippen LogP contribution is 2.32. The summed E-state index contributed by atoms with van der Waals surface area (Å²) < 4.78 is 16.1. The molecule has 0 amide bonds. The monoisotopic (exact) mass is 243 g/mol. The molecule has 5 heteroatoms. The summed E-state index contributed by atoms with van der Waals surface area (Å²) in [6.07, 6.45) is 2.94. The molecule has 0 spiro atoms. The summed E-state index contributed by atoms with van der Waals surface area (Å²) >= 11 is 0. The average molecular weight is 243 g/mol. The van der Waals surface area contributed by atoms with Gasteiger partial charge in [0.2, 0.25) is 0 Å². The second-order valence-electron chi connectivity index (χ2n) is 4.81. The fourth-order valence-electron chi connectivity index (χ4n) is 2.32. The predicted molar refractivity (Wildman–Crippen MR) is 61.5 cm³/mol. The van der Waals surface area contributed by atoms with Crippen LogP contribution in [0.15, 0.2) is 0 Å². The second kappa shape index (κ2) is 5.80. The van der Waals surface area contributed by atoms with E-state index in [-0.39, 0.29) is 12.1 Å². The Morgan fingerprint density at radius 1 is 1.18 bits per heavy atom. The van der Waals surface area contributed by atoms with Gasteiger partial charge in [0.25, 0.3) is 0 Å². The van der Waals surface area contributed by atoms with Crippen LogP contribution < -0.4 is 5.73 Å². The Hall–Kier alpha value is -0.650. The van der Waals surface area contributed by atoms with E-state index in [4.69, 9.17) is 19.9 Å². The van der Waals surface area contributed by atoms with Gasteiger partial charge in [0, 0.05) is 32.6 Å². The first kappa shape index (κ1) is 12.8. The van der Waals surface area contributed by atoms with Crippen LogP contribution >= 0.6 is 0 Å². The van der Waals surface area contributed by atoms with Crippen molar-refractivity contribution < 1.29 is 19.0 Å². The van der Waals surface area contributed by atoms with Crippen LogP contribution in [0.2, 0.25) is 0 Å². The maximum absolute atomic E-state index is 12.2. The van der Waals surface area contributed by atoms with E-state index in [1.54, 1.807) is 0 Å². The van der Waals surface area contributed by atoms with Crippen molar-refractivity contribution in [3.05, 3.63) is 0 Å². The van der Waals surface area contributed by atoms with Crippen LogP contribution in [0.25, 0.3) is 0 Å². The number of ether oxygens (including phenoxy) is 3. The molecule has 5 nitrogen and oxygen atoms in total. The largest absolute Gasteiger partial charge is 0.462 e. The summed E-state index contributed by atoms with van der Waals surface area (Å²) in [5.41, 5.74) is 5.25. The maximum Gasteiger partial charge on any atom is 0.313 e. The van der Waals surface area contributed by atoms with Gasteiger partial charge in [-0.15, -0.1) is 0 Å². The summed E-state index contributed by atoms with van der Waals surface area (Å²) in [5, 5.41) is 0. The van der Waals surface area contributed by atoms with Gasteiger partial charge in [0.05, 0.1) is 18.6 Å². The van der Waals surface area contributed by atoms with E-state index in [2.05, 4.69) is 0 Å². The van der Waals surface area contributed by atoms with E-state index in [0.29, 0.717) is 45.8 Å². The van der Waals surface area contributed by atoms with Crippen molar-refractivity contribution in [2.24, 2.45) is 11.1 Å². The Balaban J connectivity index is 1.91. The summed E-state index contributed by atoms with van der Waals surface area (Å²) in [5.74, 6) is -0.143. The van der Waals surface area contributed by atoms with Gasteiger partial charge in [-0.05, 0) is 12.8 Å². The molecule has 0 atom stereocenters. The third-order valence-electron chi connectivity index (χ3n) is 3.72. The minimum atomic E-state index is -0.517. The Kier molecular flexibility index (Phi) is 4.36. The Labute approximate surface area is 102 Å². The van der Waals surface area contributed by atoms with Gasteiger partial charge in [-0.3, -0.25) is 4.79 Å². The minimum Gasteiger partial charge on any atom is -0.462 e. The van der Waals surface area contributed by atoms with Crippen LogP contribution in [0.1, 0.15) is 25.7 Å². The van der Waals surface area contributed by atoms with Crippen molar-refractivity contribution in [3.8, 4) is 0 Å². The molecule has 2 N–H and O–H groups in total. The van der Waals surface area contributed by atoms with Gasteiger partial charge in [0.1, 0.15) is 6.10 Å². The predicted octanol–water partition coefficient (Wildman–Crippen LogP) is 0.464. The molecule has 2 rings (SSSR count). The normalized spacial score (nSPS) is 25.5. The van der Waals surface area contributed by atoms with Crippen molar-refractivity contribution in [1.82, 2.24) is 0 Å². The van der Waals surface area contributed by atoms with Crippen molar-refractivity contribution in [1.29, 1.82) is 0 Å². The summed E-state index contributed by atoms with van der Waals surface area (Å²) in [7, 11) is 0. The van der Waals surface area contributed by atoms with Gasteiger partial charge >= 0.3 is 5.97 Å². The van der Waals surface area contributed by atoms with E-state index in [0.717, 1.165) is 12.8 Å². The zero-order chi connectivity index (χ0) is 12.1. The molecule has 0 radical (unpaired) electrons. The lowest BCUT2D eigenvalue weighted by atomic mass is 9.80. The van der Waals surface area contributed by atoms with Gasteiger partial charge in [-0.1, -0.05) is 0 Å². The fraction of sp³-hybridized carbons (Fsp3) is 0.917. The SMILES string of the molecule is NCC1(C(=O)OC2CCOCC2)CCOCC1. The molecule has 0 aliphatic carbocycles. The topological polar surface area (TPSA) is 70.8 Å². The highest BCUT2D eigenvalue weighted by molar-refractivity contribution is 5.77. The van der Waals surface area contributed by atoms with Crippen molar-refractivity contribution in [2.45, 2.75) is 31.8 Å². The average Bonchev–Trinajstić information content (AvgIpc) is 2.40. The lowest BCUT2D eigenvalue weighted by molar-refractivity contribution is -0.170. The van der Waals surface area contributed by atoms with Crippen LogP contribution in [0.3, 0.4) is 0 Å². The molecule has 2 heterocycles. The number of carbonyl (C=O) groups excluding carboxylic acids is 1. The molecule has 0 aromatic carbocycles. The van der Waals surface area contributed by atoms with Gasteiger partial charge in [-0.2, -0.15) is 0 Å². The standard InChI is InChI=1S/C12H21NO4/c13-9-12(3-7-16-8-4-12)11(14)17-10-1-5-15-6-2-10/h10H,1-9,13H2. The van der Waals surface area contributed by atoms with Crippen LogP contribution in [0.5, 0.6) is 0 Å². The molecule has 0 saturated carbocycles. The number of hydrogen-bond donors (Lipinski definition) is 1. The van der Waals surface area contributed by atoms with Crippen LogP contribution in [0.4, 0.5) is 0 Å². The van der Waals surface area contributed by atoms with Crippen molar-refractivity contribution >= 4 is 5.97 Å². The summed E-state index contributed by atoms with van der Waals surface area (Å²) in [4.78, 5) is 12.2. The molecule has 0 unspecified atom stereocenters. The number of esters is 1. The second-order valence-corrected chi connectivity index (χ2v) is 4.81. The van der Waals surface area contributed by atoms with Crippen molar-refractivity contribution in [2.75, 3.05) is 33.0 Å². The van der Waals surface area contributed by atoms with E-state index < -0.39 is 5.41 Å². The highest BCUT2D eigenvalue weighted by Gasteiger charge is 2.41. The lowest BCUT2D eigenvalue weighted by Crippen LogP contribution is -2.46. The maximum atomic E-state index is 12.2. The molecule has 0 aromatic heterocycles. The molecule has 2 aliphatic rings. The molecule has 2 fully saturated rings. The molecule has 0 bridgehead atoms. The first-order valence-corrected chi connectivity index (χ1v) is 6.33. The van der Waals surface area contributed by atoms with E-state index in [1.165, 1.54) is 0 Å². The van der Waals surface area contributed by atoms with Crippen LogP contribution in [-0.4, -0.2) is 45.0 Å². The molecule has 98 valence electrons. The molecular formula is C12H21NO4. The van der Waals surface area contributed by atoms with E-state index >= 15 is 0 Å². The van der Waals surface area contributed by atoms with E-state index in [1.807, 2.05) is 0 Å². The summed E-state index contributed by atoms with van der Waals surface area (Å²) in [6.45, 7) is 2.89. The Morgan fingerprint density at radius 3 is 2.35 bits per heavy atom. The first-order valence-electron chi connectivity index (χ1n) is 6.33. The molecule has 2 aliphatic heterocycles. The first-order chi connectivity index (χ1) is 8.27. The fourth-order valence-corrected chi connectivity index (χ4v) is 2.32. The van der Waals surface area contributed by atoms with E-state index in [9.17, 15) is 4.79 Å². The zero-order valence-corrected chi connectivity index (χ0v) is 10.2. The molecule has 0 aromatic rings. The number of nitrogens with two attached hydrogens (primary N) is 1. The number of hydrogen-bond acceptors (Lipinski definition) is 5. The van der Waals surface area contributed by atoms with Crippen LogP contribution in [0, 0.1) is 5.41 Å².